The second kappa shape index (κ2) is 10.9. The van der Waals surface area contributed by atoms with Gasteiger partial charge in [0.15, 0.2) is 13.1 Å². The van der Waals surface area contributed by atoms with Crippen molar-refractivity contribution in [2.45, 2.75) is 20.5 Å². The molecule has 31 heavy (non-hydrogen) atoms. The fraction of sp³-hybridized carbons (Fsp3) is 0.348. The molecule has 0 aliphatic heterocycles. The van der Waals surface area contributed by atoms with E-state index in [1.165, 1.54) is 6.07 Å². The number of rotatable bonds is 9. The molecule has 0 radical (unpaired) electrons. The number of benzene rings is 2. The largest absolute Gasteiger partial charge is 0.462 e. The van der Waals surface area contributed by atoms with Crippen molar-refractivity contribution in [3.05, 3.63) is 64.2 Å². The summed E-state index contributed by atoms with van der Waals surface area (Å²) in [5.74, 6) is -1.32. The molecule has 0 unspecified atom stereocenters. The van der Waals surface area contributed by atoms with Crippen LogP contribution in [0.1, 0.15) is 28.4 Å². The number of aryl methyl sites for hydroxylation is 1. The second-order valence-electron chi connectivity index (χ2n) is 7.81. The smallest absolute Gasteiger partial charge is 0.362 e. The van der Waals surface area contributed by atoms with Crippen molar-refractivity contribution >= 4 is 35.1 Å². The highest BCUT2D eigenvalue weighted by atomic mass is 35.5. The number of ether oxygens (including phenoxy) is 2. The molecule has 0 aliphatic rings. The lowest BCUT2D eigenvalue weighted by atomic mass is 10.1. The molecule has 166 valence electrons. The minimum absolute atomic E-state index is 0.00473. The molecule has 0 bridgehead atoms. The van der Waals surface area contributed by atoms with Crippen molar-refractivity contribution in [3.63, 3.8) is 0 Å². The Kier molecular flexibility index (Phi) is 8.59. The number of nitrogens with zero attached hydrogens (tertiary/aromatic N) is 1. The predicted octanol–water partition coefficient (Wildman–Crippen LogP) is 3.58. The van der Waals surface area contributed by atoms with Gasteiger partial charge in [0.1, 0.15) is 6.61 Å². The van der Waals surface area contributed by atoms with Gasteiger partial charge in [0, 0.05) is 5.02 Å². The quantitative estimate of drug-likeness (QED) is 0.469. The van der Waals surface area contributed by atoms with Gasteiger partial charge < -0.3 is 19.3 Å². The van der Waals surface area contributed by atoms with Crippen LogP contribution in [-0.4, -0.2) is 56.1 Å². The molecule has 0 atom stereocenters. The zero-order chi connectivity index (χ0) is 23.0. The third kappa shape index (κ3) is 7.70. The summed E-state index contributed by atoms with van der Waals surface area (Å²) in [5, 5.41) is 3.14. The molecular formula is C23H28ClN2O5+. The molecule has 7 nitrogen and oxygen atoms in total. The van der Waals surface area contributed by atoms with E-state index < -0.39 is 11.9 Å². The molecule has 0 saturated heterocycles. The van der Waals surface area contributed by atoms with Gasteiger partial charge in [-0.25, -0.2) is 9.59 Å². The first-order valence-corrected chi connectivity index (χ1v) is 10.3. The molecule has 0 saturated carbocycles. The molecule has 8 heteroatoms. The number of hydrogen-bond acceptors (Lipinski definition) is 5. The van der Waals surface area contributed by atoms with Crippen LogP contribution in [-0.2, 0) is 25.7 Å². The Morgan fingerprint density at radius 3 is 2.35 bits per heavy atom. The number of nitrogens with one attached hydrogen (secondary N) is 1. The van der Waals surface area contributed by atoms with E-state index in [1.54, 1.807) is 34.0 Å². The van der Waals surface area contributed by atoms with Crippen molar-refractivity contribution in [1.29, 1.82) is 0 Å². The number of amides is 1. The summed E-state index contributed by atoms with van der Waals surface area (Å²) in [7, 11) is 3.51. The van der Waals surface area contributed by atoms with E-state index in [1.807, 2.05) is 30.3 Å². The first-order chi connectivity index (χ1) is 14.6. The van der Waals surface area contributed by atoms with Gasteiger partial charge in [-0.15, -0.1) is 0 Å². The van der Waals surface area contributed by atoms with Crippen LogP contribution in [0.25, 0.3) is 0 Å². The standard InChI is InChI=1S/C23H27ClN2O5/c1-5-30-23(29)19-12-18(24)11-16(2)22(19)25-20(27)13-26(3,4)14-21(28)31-15-17-9-7-6-8-10-17/h6-12H,5,13-15H2,1-4H3/p+1. The van der Waals surface area contributed by atoms with Gasteiger partial charge in [-0.2, -0.15) is 0 Å². The molecule has 2 aromatic rings. The molecule has 0 aliphatic carbocycles. The molecule has 0 fully saturated rings. The van der Waals surface area contributed by atoms with Gasteiger partial charge in [0.2, 0.25) is 0 Å². The predicted molar refractivity (Wildman–Crippen MR) is 119 cm³/mol. The van der Waals surface area contributed by atoms with E-state index in [9.17, 15) is 14.4 Å². The van der Waals surface area contributed by atoms with Gasteiger partial charge in [-0.05, 0) is 37.1 Å². The summed E-state index contributed by atoms with van der Waals surface area (Å²) in [6.45, 7) is 3.84. The van der Waals surface area contributed by atoms with Crippen LogP contribution >= 0.6 is 11.6 Å². The topological polar surface area (TPSA) is 81.7 Å². The Balaban J connectivity index is 2.01. The van der Waals surface area contributed by atoms with E-state index in [0.717, 1.165) is 5.56 Å². The van der Waals surface area contributed by atoms with E-state index in [2.05, 4.69) is 5.32 Å². The molecule has 1 N–H and O–H groups in total. The number of carbonyl (C=O) groups excluding carboxylic acids is 3. The summed E-state index contributed by atoms with van der Waals surface area (Å²) < 4.78 is 10.5. The number of halogens is 1. The summed E-state index contributed by atoms with van der Waals surface area (Å²) in [6.07, 6.45) is 0. The SMILES string of the molecule is CCOC(=O)c1cc(Cl)cc(C)c1NC(=O)C[N+](C)(C)CC(=O)OCc1ccccc1. The van der Waals surface area contributed by atoms with Crippen molar-refractivity contribution in [1.82, 2.24) is 0 Å². The maximum Gasteiger partial charge on any atom is 0.362 e. The van der Waals surface area contributed by atoms with Crippen molar-refractivity contribution in [3.8, 4) is 0 Å². The fourth-order valence-electron chi connectivity index (χ4n) is 3.04. The van der Waals surface area contributed by atoms with E-state index in [0.29, 0.717) is 16.3 Å². The number of anilines is 1. The Morgan fingerprint density at radius 1 is 1.03 bits per heavy atom. The highest BCUT2D eigenvalue weighted by Gasteiger charge is 2.26. The average Bonchev–Trinajstić information content (AvgIpc) is 2.68. The molecule has 2 rings (SSSR count). The Hall–Kier alpha value is -2.90. The van der Waals surface area contributed by atoms with Gasteiger partial charge in [-0.3, -0.25) is 4.79 Å². The van der Waals surface area contributed by atoms with Gasteiger partial charge in [0.05, 0.1) is 32.0 Å². The zero-order valence-corrected chi connectivity index (χ0v) is 19.0. The van der Waals surface area contributed by atoms with Crippen molar-refractivity contribution in [2.75, 3.05) is 39.1 Å². The van der Waals surface area contributed by atoms with Crippen LogP contribution in [0.3, 0.4) is 0 Å². The number of carbonyl (C=O) groups is 3. The van der Waals surface area contributed by atoms with Gasteiger partial charge >= 0.3 is 11.9 Å². The average molecular weight is 448 g/mol. The lowest BCUT2D eigenvalue weighted by molar-refractivity contribution is -0.874. The molecule has 0 spiro atoms. The first kappa shape index (κ1) is 24.4. The summed E-state index contributed by atoms with van der Waals surface area (Å²) in [6, 6.07) is 12.5. The van der Waals surface area contributed by atoms with Crippen LogP contribution in [0.5, 0.6) is 0 Å². The van der Waals surface area contributed by atoms with Crippen molar-refractivity contribution in [2.24, 2.45) is 0 Å². The minimum atomic E-state index is -0.568. The maximum absolute atomic E-state index is 12.7. The zero-order valence-electron chi connectivity index (χ0n) is 18.2. The Bertz CT molecular complexity index is 944. The highest BCUT2D eigenvalue weighted by Crippen LogP contribution is 2.26. The third-order valence-corrected chi connectivity index (χ3v) is 4.65. The Morgan fingerprint density at radius 2 is 1.71 bits per heavy atom. The molecule has 0 aromatic heterocycles. The molecule has 2 aromatic carbocycles. The lowest BCUT2D eigenvalue weighted by Crippen LogP contribution is -2.49. The summed E-state index contributed by atoms with van der Waals surface area (Å²) >= 11 is 6.07. The number of likely N-dealkylation sites (N-methyl/N-ethyl adjacent to an activating group) is 1. The normalized spacial score (nSPS) is 11.0. The Labute approximate surface area is 187 Å². The van der Waals surface area contributed by atoms with E-state index >= 15 is 0 Å². The minimum Gasteiger partial charge on any atom is -0.462 e. The number of esters is 2. The molecular weight excluding hydrogens is 420 g/mol. The molecule has 1 amide bonds. The van der Waals surface area contributed by atoms with E-state index in [-0.39, 0.29) is 42.3 Å². The van der Waals surface area contributed by atoms with Crippen LogP contribution in [0, 0.1) is 6.92 Å². The van der Waals surface area contributed by atoms with Gasteiger partial charge in [-0.1, -0.05) is 41.9 Å². The lowest BCUT2D eigenvalue weighted by Gasteiger charge is -2.28. The van der Waals surface area contributed by atoms with Crippen LogP contribution in [0.15, 0.2) is 42.5 Å². The second-order valence-corrected chi connectivity index (χ2v) is 8.25. The van der Waals surface area contributed by atoms with Crippen LogP contribution < -0.4 is 5.32 Å². The maximum atomic E-state index is 12.7. The molecule has 0 heterocycles. The van der Waals surface area contributed by atoms with E-state index in [4.69, 9.17) is 21.1 Å². The summed E-state index contributed by atoms with van der Waals surface area (Å²) in [5.41, 5.74) is 2.06. The van der Waals surface area contributed by atoms with Crippen molar-refractivity contribution < 1.29 is 28.3 Å². The monoisotopic (exact) mass is 447 g/mol. The number of quaternary nitrogens is 1. The van der Waals surface area contributed by atoms with Crippen LogP contribution in [0.2, 0.25) is 5.02 Å². The first-order valence-electron chi connectivity index (χ1n) is 9.90. The fourth-order valence-corrected chi connectivity index (χ4v) is 3.31. The van der Waals surface area contributed by atoms with Gasteiger partial charge in [0.25, 0.3) is 5.91 Å². The van der Waals surface area contributed by atoms with Crippen LogP contribution in [0.4, 0.5) is 5.69 Å². The summed E-state index contributed by atoms with van der Waals surface area (Å²) in [4.78, 5) is 37.2. The third-order valence-electron chi connectivity index (χ3n) is 4.43. The highest BCUT2D eigenvalue weighted by molar-refractivity contribution is 6.31. The number of hydrogen-bond donors (Lipinski definition) is 1.